The summed E-state index contributed by atoms with van der Waals surface area (Å²) in [6, 6.07) is 10.6. The molecule has 0 nitrogen and oxygen atoms in total. The molecule has 2 rings (SSSR count). The maximum absolute atomic E-state index is 2.51. The summed E-state index contributed by atoms with van der Waals surface area (Å²) in [5, 5.41) is 2.27. The molecule has 0 spiro atoms. The van der Waals surface area contributed by atoms with E-state index in [0.717, 1.165) is 0 Å². The molecule has 1 aliphatic heterocycles. The summed E-state index contributed by atoms with van der Waals surface area (Å²) in [5.74, 6) is 0. The summed E-state index contributed by atoms with van der Waals surface area (Å²) < 4.78 is 0.239. The minimum absolute atomic E-state index is 0.239. The molecule has 0 amide bonds. The Morgan fingerprint density at radius 2 is 2.00 bits per heavy atom. The van der Waals surface area contributed by atoms with E-state index < -0.39 is 0 Å². The van der Waals surface area contributed by atoms with Gasteiger partial charge >= 0.3 is 0 Å². The highest BCUT2D eigenvalue weighted by atomic mass is 127. The SMILES string of the molecule is CSC1(I)SC=C(c2ccccc2)S1. The van der Waals surface area contributed by atoms with E-state index in [0.29, 0.717) is 0 Å². The first-order chi connectivity index (χ1) is 6.73. The van der Waals surface area contributed by atoms with Crippen molar-refractivity contribution in [3.05, 3.63) is 41.3 Å². The second-order valence-corrected chi connectivity index (χ2v) is 10.7. The molecule has 0 saturated heterocycles. The van der Waals surface area contributed by atoms with Crippen LogP contribution in [-0.2, 0) is 0 Å². The monoisotopic (exact) mass is 352 g/mol. The van der Waals surface area contributed by atoms with Crippen LogP contribution in [0.25, 0.3) is 4.91 Å². The average Bonchev–Trinajstić information content (AvgIpc) is 2.63. The first-order valence-electron chi connectivity index (χ1n) is 4.10. The fourth-order valence-electron chi connectivity index (χ4n) is 1.12. The first kappa shape index (κ1) is 11.2. The van der Waals surface area contributed by atoms with Gasteiger partial charge in [0.15, 0.2) is 1.42 Å². The molecule has 4 heteroatoms. The van der Waals surface area contributed by atoms with Crippen LogP contribution in [0, 0.1) is 0 Å². The Hall–Kier alpha value is 0.740. The van der Waals surface area contributed by atoms with E-state index in [9.17, 15) is 0 Å². The summed E-state index contributed by atoms with van der Waals surface area (Å²) in [5.41, 5.74) is 1.33. The quantitative estimate of drug-likeness (QED) is 0.550. The molecule has 74 valence electrons. The van der Waals surface area contributed by atoms with Crippen molar-refractivity contribution in [2.75, 3.05) is 6.26 Å². The van der Waals surface area contributed by atoms with Crippen molar-refractivity contribution in [2.24, 2.45) is 0 Å². The Labute approximate surface area is 111 Å². The van der Waals surface area contributed by atoms with Crippen molar-refractivity contribution in [1.82, 2.24) is 0 Å². The molecule has 0 aromatic heterocycles. The van der Waals surface area contributed by atoms with Crippen molar-refractivity contribution in [2.45, 2.75) is 1.42 Å². The van der Waals surface area contributed by atoms with Crippen LogP contribution in [0.15, 0.2) is 35.7 Å². The van der Waals surface area contributed by atoms with Crippen LogP contribution in [0.2, 0.25) is 0 Å². The van der Waals surface area contributed by atoms with E-state index in [4.69, 9.17) is 0 Å². The van der Waals surface area contributed by atoms with Crippen LogP contribution in [0.4, 0.5) is 0 Å². The largest absolute Gasteiger partial charge is 0.166 e. The Bertz CT molecular complexity index is 350. The highest BCUT2D eigenvalue weighted by Gasteiger charge is 2.33. The topological polar surface area (TPSA) is 0 Å². The summed E-state index contributed by atoms with van der Waals surface area (Å²) in [7, 11) is 0. The molecule has 0 bridgehead atoms. The number of alkyl halides is 1. The lowest BCUT2D eigenvalue weighted by Crippen LogP contribution is -1.96. The number of halogens is 1. The van der Waals surface area contributed by atoms with Crippen molar-refractivity contribution >= 4 is 62.8 Å². The predicted molar refractivity (Wildman–Crippen MR) is 79.9 cm³/mol. The number of hydrogen-bond acceptors (Lipinski definition) is 3. The van der Waals surface area contributed by atoms with Gasteiger partial charge in [-0.25, -0.2) is 0 Å². The van der Waals surface area contributed by atoms with Crippen molar-refractivity contribution in [1.29, 1.82) is 0 Å². The second-order valence-electron chi connectivity index (χ2n) is 2.75. The molecule has 1 atom stereocenters. The molecule has 0 radical (unpaired) electrons. The molecule has 0 saturated carbocycles. The molecule has 14 heavy (non-hydrogen) atoms. The van der Waals surface area contributed by atoms with E-state index in [1.807, 2.05) is 35.3 Å². The van der Waals surface area contributed by atoms with E-state index in [-0.39, 0.29) is 1.42 Å². The molecule has 0 aliphatic carbocycles. The van der Waals surface area contributed by atoms with Crippen LogP contribution < -0.4 is 0 Å². The second kappa shape index (κ2) is 4.72. The Morgan fingerprint density at radius 3 is 2.57 bits per heavy atom. The van der Waals surface area contributed by atoms with Gasteiger partial charge < -0.3 is 0 Å². The van der Waals surface area contributed by atoms with E-state index in [2.05, 4.69) is 64.6 Å². The molecule has 1 aromatic rings. The standard InChI is InChI=1S/C10H9IS3/c1-12-10(11)13-7-9(14-10)8-5-3-2-4-6-8/h2-7H,1H3. The van der Waals surface area contributed by atoms with Crippen molar-refractivity contribution in [3.63, 3.8) is 0 Å². The molecule has 1 heterocycles. The minimum Gasteiger partial charge on any atom is -0.126 e. The fraction of sp³-hybridized carbons (Fsp3) is 0.200. The lowest BCUT2D eigenvalue weighted by atomic mass is 10.2. The van der Waals surface area contributed by atoms with Gasteiger partial charge in [-0.2, -0.15) is 0 Å². The maximum Gasteiger partial charge on any atom is 0.166 e. The lowest BCUT2D eigenvalue weighted by molar-refractivity contribution is 1.66. The number of thioether (sulfide) groups is 3. The number of benzene rings is 1. The highest BCUT2D eigenvalue weighted by molar-refractivity contribution is 14.1. The summed E-state index contributed by atoms with van der Waals surface area (Å²) in [4.78, 5) is 1.39. The minimum atomic E-state index is 0.239. The smallest absolute Gasteiger partial charge is 0.126 e. The van der Waals surface area contributed by atoms with Crippen LogP contribution >= 0.6 is 57.9 Å². The van der Waals surface area contributed by atoms with Crippen molar-refractivity contribution in [3.8, 4) is 0 Å². The molecule has 0 fully saturated rings. The third-order valence-corrected chi connectivity index (χ3v) is 8.75. The van der Waals surface area contributed by atoms with Gasteiger partial charge in [-0.3, -0.25) is 0 Å². The molecule has 1 aliphatic rings. The van der Waals surface area contributed by atoms with Gasteiger partial charge in [0.25, 0.3) is 0 Å². The van der Waals surface area contributed by atoms with Gasteiger partial charge in [-0.1, -0.05) is 53.9 Å². The third kappa shape index (κ3) is 2.46. The van der Waals surface area contributed by atoms with Gasteiger partial charge in [-0.05, 0) is 39.8 Å². The fourth-order valence-corrected chi connectivity index (χ4v) is 5.19. The van der Waals surface area contributed by atoms with Crippen LogP contribution in [0.5, 0.6) is 0 Å². The zero-order chi connectivity index (χ0) is 10.0. The van der Waals surface area contributed by atoms with Gasteiger partial charge in [0.05, 0.1) is 0 Å². The van der Waals surface area contributed by atoms with Crippen LogP contribution in [0.3, 0.4) is 0 Å². The Kier molecular flexibility index (Phi) is 3.79. The van der Waals surface area contributed by atoms with Gasteiger partial charge in [-0.15, -0.1) is 11.8 Å². The van der Waals surface area contributed by atoms with Gasteiger partial charge in [0, 0.05) is 4.91 Å². The highest BCUT2D eigenvalue weighted by Crippen LogP contribution is 2.62. The van der Waals surface area contributed by atoms with Gasteiger partial charge in [0.2, 0.25) is 0 Å². The molecule has 1 unspecified atom stereocenters. The molecule has 0 N–H and O–H groups in total. The van der Waals surface area contributed by atoms with Crippen molar-refractivity contribution < 1.29 is 0 Å². The summed E-state index contributed by atoms with van der Waals surface area (Å²) >= 11 is 8.24. The number of rotatable bonds is 2. The van der Waals surface area contributed by atoms with Gasteiger partial charge in [0.1, 0.15) is 0 Å². The number of hydrogen-bond donors (Lipinski definition) is 0. The average molecular weight is 352 g/mol. The van der Waals surface area contributed by atoms with E-state index in [1.165, 1.54) is 10.5 Å². The summed E-state index contributed by atoms with van der Waals surface area (Å²) in [6.07, 6.45) is 2.16. The Morgan fingerprint density at radius 1 is 1.29 bits per heavy atom. The third-order valence-electron chi connectivity index (χ3n) is 1.84. The zero-order valence-corrected chi connectivity index (χ0v) is 12.2. The predicted octanol–water partition coefficient (Wildman–Crippen LogP) is 4.87. The van der Waals surface area contributed by atoms with E-state index in [1.54, 1.807) is 0 Å². The zero-order valence-electron chi connectivity index (χ0n) is 7.57. The molecular formula is C10H9IS3. The lowest BCUT2D eigenvalue weighted by Gasteiger charge is -2.16. The van der Waals surface area contributed by atoms with Crippen LogP contribution in [-0.4, -0.2) is 7.67 Å². The first-order valence-corrected chi connectivity index (χ1v) is 8.10. The maximum atomic E-state index is 2.51. The molecular weight excluding hydrogens is 343 g/mol. The van der Waals surface area contributed by atoms with Crippen LogP contribution in [0.1, 0.15) is 5.56 Å². The Balaban J connectivity index is 2.17. The van der Waals surface area contributed by atoms with E-state index >= 15 is 0 Å². The summed E-state index contributed by atoms with van der Waals surface area (Å²) in [6.45, 7) is 0. The normalized spacial score (nSPS) is 26.3. The molecule has 1 aromatic carbocycles.